The van der Waals surface area contributed by atoms with E-state index >= 15 is 0 Å². The van der Waals surface area contributed by atoms with E-state index in [-0.39, 0.29) is 5.69 Å². The second-order valence-corrected chi connectivity index (χ2v) is 5.95. The molecule has 1 aromatic rings. The second-order valence-electron chi connectivity index (χ2n) is 3.48. The van der Waals surface area contributed by atoms with Crippen molar-refractivity contribution in [3.8, 4) is 0 Å². The van der Waals surface area contributed by atoms with Crippen LogP contribution in [0.3, 0.4) is 0 Å². The van der Waals surface area contributed by atoms with Gasteiger partial charge in [-0.15, -0.1) is 0 Å². The Labute approximate surface area is 110 Å². The number of hydrogen-bond acceptors (Lipinski definition) is 4. The molecule has 1 unspecified atom stereocenters. The number of rotatable bonds is 6. The molecule has 0 saturated carbocycles. The zero-order chi connectivity index (χ0) is 12.8. The van der Waals surface area contributed by atoms with Gasteiger partial charge in [0.05, 0.1) is 4.92 Å². The molecule has 94 valence electrons. The van der Waals surface area contributed by atoms with Crippen LogP contribution in [-0.4, -0.2) is 27.7 Å². The SMILES string of the molecule is CS(=O)CCCNc1cc(Br)ccc1[N+](=O)[O-]. The van der Waals surface area contributed by atoms with Gasteiger partial charge in [0.1, 0.15) is 5.69 Å². The predicted molar refractivity (Wildman–Crippen MR) is 72.8 cm³/mol. The van der Waals surface area contributed by atoms with Crippen LogP contribution in [0.2, 0.25) is 0 Å². The lowest BCUT2D eigenvalue weighted by molar-refractivity contribution is -0.384. The van der Waals surface area contributed by atoms with Crippen LogP contribution in [0.1, 0.15) is 6.42 Å². The third-order valence-electron chi connectivity index (χ3n) is 2.08. The molecule has 1 rings (SSSR count). The van der Waals surface area contributed by atoms with Crippen LogP contribution in [-0.2, 0) is 10.8 Å². The van der Waals surface area contributed by atoms with Crippen molar-refractivity contribution < 1.29 is 9.13 Å². The fourth-order valence-electron chi connectivity index (χ4n) is 1.31. The van der Waals surface area contributed by atoms with Gasteiger partial charge < -0.3 is 5.32 Å². The largest absolute Gasteiger partial charge is 0.379 e. The van der Waals surface area contributed by atoms with E-state index in [2.05, 4.69) is 21.2 Å². The number of nitro benzene ring substituents is 1. The maximum absolute atomic E-state index is 10.9. The van der Waals surface area contributed by atoms with Crippen molar-refractivity contribution in [3.05, 3.63) is 32.8 Å². The third kappa shape index (κ3) is 4.82. The predicted octanol–water partition coefficient (Wildman–Crippen LogP) is 2.54. The molecule has 17 heavy (non-hydrogen) atoms. The molecule has 0 radical (unpaired) electrons. The number of anilines is 1. The summed E-state index contributed by atoms with van der Waals surface area (Å²) in [4.78, 5) is 10.4. The fraction of sp³-hybridized carbons (Fsp3) is 0.400. The first kappa shape index (κ1) is 14.1. The average molecular weight is 321 g/mol. The molecular weight excluding hydrogens is 308 g/mol. The zero-order valence-corrected chi connectivity index (χ0v) is 11.7. The molecule has 0 aliphatic heterocycles. The Balaban J connectivity index is 2.65. The summed E-state index contributed by atoms with van der Waals surface area (Å²) in [5, 5.41) is 13.8. The Kier molecular flexibility index (Phi) is 5.57. The van der Waals surface area contributed by atoms with E-state index in [1.807, 2.05) is 0 Å². The van der Waals surface area contributed by atoms with Gasteiger partial charge in [-0.05, 0) is 18.6 Å². The zero-order valence-electron chi connectivity index (χ0n) is 9.31. The number of halogens is 1. The normalized spacial score (nSPS) is 12.1. The van der Waals surface area contributed by atoms with E-state index < -0.39 is 15.7 Å². The molecule has 7 heteroatoms. The summed E-state index contributed by atoms with van der Waals surface area (Å²) in [6.07, 6.45) is 2.36. The number of hydrogen-bond donors (Lipinski definition) is 1. The lowest BCUT2D eigenvalue weighted by Gasteiger charge is -2.06. The lowest BCUT2D eigenvalue weighted by Crippen LogP contribution is -2.07. The van der Waals surface area contributed by atoms with Crippen molar-refractivity contribution in [2.75, 3.05) is 23.9 Å². The van der Waals surface area contributed by atoms with E-state index in [4.69, 9.17) is 0 Å². The fourth-order valence-corrected chi connectivity index (χ4v) is 2.22. The van der Waals surface area contributed by atoms with Crippen LogP contribution in [0, 0.1) is 10.1 Å². The third-order valence-corrected chi connectivity index (χ3v) is 3.44. The Morgan fingerprint density at radius 3 is 2.82 bits per heavy atom. The Hall–Kier alpha value is -0.950. The Bertz CT molecular complexity index is 440. The minimum Gasteiger partial charge on any atom is -0.379 e. The summed E-state index contributed by atoms with van der Waals surface area (Å²) in [5.74, 6) is 0.592. The maximum atomic E-state index is 10.9. The molecule has 5 nitrogen and oxygen atoms in total. The van der Waals surface area contributed by atoms with Gasteiger partial charge in [0.15, 0.2) is 0 Å². The molecule has 0 aliphatic rings. The molecule has 0 saturated heterocycles. The smallest absolute Gasteiger partial charge is 0.292 e. The van der Waals surface area contributed by atoms with Gasteiger partial charge in [0.25, 0.3) is 5.69 Å². The molecule has 0 aromatic heterocycles. The highest BCUT2D eigenvalue weighted by Crippen LogP contribution is 2.27. The standard InChI is InChI=1S/C10H13BrN2O3S/c1-17(16)6-2-5-12-9-7-8(11)3-4-10(9)13(14)15/h3-4,7,12H,2,5-6H2,1H3. The van der Waals surface area contributed by atoms with E-state index in [1.165, 1.54) is 6.07 Å². The molecule has 0 fully saturated rings. The van der Waals surface area contributed by atoms with Crippen LogP contribution in [0.5, 0.6) is 0 Å². The minimum absolute atomic E-state index is 0.0471. The van der Waals surface area contributed by atoms with Gasteiger partial charge in [-0.2, -0.15) is 0 Å². The average Bonchev–Trinajstić information content (AvgIpc) is 2.23. The first-order chi connectivity index (χ1) is 8.00. The quantitative estimate of drug-likeness (QED) is 0.496. The molecule has 0 bridgehead atoms. The molecule has 0 aliphatic carbocycles. The van der Waals surface area contributed by atoms with Gasteiger partial charge in [0, 0.05) is 39.9 Å². The molecule has 1 atom stereocenters. The number of benzene rings is 1. The monoisotopic (exact) mass is 320 g/mol. The second kappa shape index (κ2) is 6.70. The van der Waals surface area contributed by atoms with Gasteiger partial charge in [-0.25, -0.2) is 0 Å². The number of nitrogens with one attached hydrogen (secondary N) is 1. The molecule has 1 aromatic carbocycles. The topological polar surface area (TPSA) is 72.2 Å². The molecule has 0 amide bonds. The highest BCUT2D eigenvalue weighted by molar-refractivity contribution is 9.10. The highest BCUT2D eigenvalue weighted by atomic mass is 79.9. The van der Waals surface area contributed by atoms with Crippen LogP contribution < -0.4 is 5.32 Å². The Morgan fingerprint density at radius 1 is 1.53 bits per heavy atom. The summed E-state index contributed by atoms with van der Waals surface area (Å²) in [6, 6.07) is 4.75. The first-order valence-electron chi connectivity index (χ1n) is 4.98. The summed E-state index contributed by atoms with van der Waals surface area (Å²) < 4.78 is 11.6. The molecule has 0 spiro atoms. The van der Waals surface area contributed by atoms with Crippen molar-refractivity contribution in [2.24, 2.45) is 0 Å². The van der Waals surface area contributed by atoms with Gasteiger partial charge in [-0.3, -0.25) is 14.3 Å². The summed E-state index contributed by atoms with van der Waals surface area (Å²) >= 11 is 3.27. The van der Waals surface area contributed by atoms with Crippen LogP contribution >= 0.6 is 15.9 Å². The van der Waals surface area contributed by atoms with E-state index in [0.29, 0.717) is 24.4 Å². The van der Waals surface area contributed by atoms with Crippen molar-refractivity contribution in [3.63, 3.8) is 0 Å². The number of nitrogens with zero attached hydrogens (tertiary/aromatic N) is 1. The van der Waals surface area contributed by atoms with Gasteiger partial charge in [0.2, 0.25) is 0 Å². The summed E-state index contributed by atoms with van der Waals surface area (Å²) in [7, 11) is -0.825. The maximum Gasteiger partial charge on any atom is 0.292 e. The molecule has 0 heterocycles. The molecule has 1 N–H and O–H groups in total. The van der Waals surface area contributed by atoms with Gasteiger partial charge in [-0.1, -0.05) is 15.9 Å². The first-order valence-corrected chi connectivity index (χ1v) is 7.50. The van der Waals surface area contributed by atoms with Crippen molar-refractivity contribution >= 4 is 38.1 Å². The van der Waals surface area contributed by atoms with Crippen LogP contribution in [0.4, 0.5) is 11.4 Å². The van der Waals surface area contributed by atoms with Crippen molar-refractivity contribution in [2.45, 2.75) is 6.42 Å². The van der Waals surface area contributed by atoms with Crippen molar-refractivity contribution in [1.82, 2.24) is 0 Å². The van der Waals surface area contributed by atoms with Crippen molar-refractivity contribution in [1.29, 1.82) is 0 Å². The summed E-state index contributed by atoms with van der Waals surface area (Å²) in [5.41, 5.74) is 0.525. The van der Waals surface area contributed by atoms with E-state index in [1.54, 1.807) is 18.4 Å². The van der Waals surface area contributed by atoms with Gasteiger partial charge >= 0.3 is 0 Å². The van der Waals surface area contributed by atoms with Crippen LogP contribution in [0.15, 0.2) is 22.7 Å². The summed E-state index contributed by atoms with van der Waals surface area (Å²) in [6.45, 7) is 0.566. The van der Waals surface area contributed by atoms with E-state index in [9.17, 15) is 14.3 Å². The Morgan fingerprint density at radius 2 is 2.24 bits per heavy atom. The van der Waals surface area contributed by atoms with Crippen LogP contribution in [0.25, 0.3) is 0 Å². The number of nitro groups is 1. The highest BCUT2D eigenvalue weighted by Gasteiger charge is 2.12. The minimum atomic E-state index is -0.825. The van der Waals surface area contributed by atoms with E-state index in [0.717, 1.165) is 4.47 Å². The molecular formula is C10H13BrN2O3S. The lowest BCUT2D eigenvalue weighted by atomic mass is 10.2.